The number of hydrogen-bond donors (Lipinski definition) is 1. The molecule has 1 saturated heterocycles. The lowest BCUT2D eigenvalue weighted by atomic mass is 10.3. The van der Waals surface area contributed by atoms with Crippen molar-refractivity contribution in [3.8, 4) is 0 Å². The third-order valence-corrected chi connectivity index (χ3v) is 2.73. The zero-order chi connectivity index (χ0) is 11.4. The molecule has 1 aliphatic heterocycles. The molecular weight excluding hydrogens is 208 g/mol. The van der Waals surface area contributed by atoms with Gasteiger partial charge in [-0.05, 0) is 20.4 Å². The first-order valence-corrected chi connectivity index (χ1v) is 5.64. The smallest absolute Gasteiger partial charge is 0.318 e. The van der Waals surface area contributed by atoms with Gasteiger partial charge in [0.25, 0.3) is 0 Å². The first-order valence-electron chi connectivity index (χ1n) is 5.64. The molecule has 1 atom stereocenters. The Bertz CT molecular complexity index is 320. The summed E-state index contributed by atoms with van der Waals surface area (Å²) in [6.07, 6.45) is 0.999. The molecule has 0 radical (unpaired) electrons. The van der Waals surface area contributed by atoms with E-state index in [4.69, 9.17) is 9.15 Å². The van der Waals surface area contributed by atoms with E-state index in [2.05, 4.69) is 20.4 Å². The summed E-state index contributed by atoms with van der Waals surface area (Å²) in [5.41, 5.74) is 0. The van der Waals surface area contributed by atoms with Gasteiger partial charge in [0.05, 0.1) is 12.6 Å². The van der Waals surface area contributed by atoms with E-state index in [1.807, 2.05) is 14.0 Å². The summed E-state index contributed by atoms with van der Waals surface area (Å²) in [6, 6.07) is 0.687. The Labute approximate surface area is 95.0 Å². The van der Waals surface area contributed by atoms with Gasteiger partial charge in [-0.25, -0.2) is 0 Å². The molecule has 6 nitrogen and oxygen atoms in total. The summed E-state index contributed by atoms with van der Waals surface area (Å²) in [5, 5.41) is 11.2. The van der Waals surface area contributed by atoms with E-state index in [-0.39, 0.29) is 6.04 Å². The van der Waals surface area contributed by atoms with Crippen molar-refractivity contribution in [3.63, 3.8) is 0 Å². The van der Waals surface area contributed by atoms with Crippen LogP contribution in [0.1, 0.15) is 25.3 Å². The van der Waals surface area contributed by atoms with Gasteiger partial charge in [-0.1, -0.05) is 5.10 Å². The van der Waals surface area contributed by atoms with Gasteiger partial charge in [0.15, 0.2) is 0 Å². The van der Waals surface area contributed by atoms with E-state index in [1.54, 1.807) is 0 Å². The van der Waals surface area contributed by atoms with Gasteiger partial charge >= 0.3 is 6.01 Å². The molecule has 1 aliphatic rings. The zero-order valence-corrected chi connectivity index (χ0v) is 9.77. The SMILES string of the molecule is CNC(C)c1nnc(N2CCCOCC2)o1. The van der Waals surface area contributed by atoms with Crippen LogP contribution >= 0.6 is 0 Å². The summed E-state index contributed by atoms with van der Waals surface area (Å²) in [7, 11) is 1.87. The Balaban J connectivity index is 2.05. The lowest BCUT2D eigenvalue weighted by Crippen LogP contribution is -2.26. The van der Waals surface area contributed by atoms with Gasteiger partial charge in [-0.2, -0.15) is 0 Å². The second-order valence-electron chi connectivity index (χ2n) is 3.89. The summed E-state index contributed by atoms with van der Waals surface area (Å²) in [4.78, 5) is 2.08. The number of ether oxygens (including phenoxy) is 1. The van der Waals surface area contributed by atoms with Gasteiger partial charge in [-0.15, -0.1) is 5.10 Å². The van der Waals surface area contributed by atoms with Crippen molar-refractivity contribution < 1.29 is 9.15 Å². The average molecular weight is 226 g/mol. The molecule has 0 aromatic carbocycles. The molecule has 0 saturated carbocycles. The van der Waals surface area contributed by atoms with Crippen LogP contribution in [0.4, 0.5) is 6.01 Å². The molecule has 1 unspecified atom stereocenters. The quantitative estimate of drug-likeness (QED) is 0.813. The Morgan fingerprint density at radius 3 is 3.00 bits per heavy atom. The number of rotatable bonds is 3. The highest BCUT2D eigenvalue weighted by molar-refractivity contribution is 5.24. The summed E-state index contributed by atoms with van der Waals surface area (Å²) in [5.74, 6) is 0.627. The topological polar surface area (TPSA) is 63.4 Å². The van der Waals surface area contributed by atoms with Crippen LogP contribution in [0.5, 0.6) is 0 Å². The maximum absolute atomic E-state index is 5.62. The lowest BCUT2D eigenvalue weighted by Gasteiger charge is -2.15. The van der Waals surface area contributed by atoms with Crippen molar-refractivity contribution in [3.05, 3.63) is 5.89 Å². The fourth-order valence-electron chi connectivity index (χ4n) is 1.59. The number of hydrogen-bond acceptors (Lipinski definition) is 6. The highest BCUT2D eigenvalue weighted by Crippen LogP contribution is 2.17. The standard InChI is InChI=1S/C10H18N4O2/c1-8(11-2)9-12-13-10(16-9)14-4-3-6-15-7-5-14/h8,11H,3-7H2,1-2H3. The number of aromatic nitrogens is 2. The average Bonchev–Trinajstić information content (AvgIpc) is 2.64. The van der Waals surface area contributed by atoms with Crippen LogP contribution in [0.3, 0.4) is 0 Å². The van der Waals surface area contributed by atoms with E-state index in [9.17, 15) is 0 Å². The predicted molar refractivity (Wildman–Crippen MR) is 59.4 cm³/mol. The monoisotopic (exact) mass is 226 g/mol. The molecule has 1 aromatic rings. The second-order valence-corrected chi connectivity index (χ2v) is 3.89. The van der Waals surface area contributed by atoms with Gasteiger partial charge in [0.1, 0.15) is 0 Å². The summed E-state index contributed by atoms with van der Waals surface area (Å²) in [6.45, 7) is 5.25. The third kappa shape index (κ3) is 2.51. The van der Waals surface area contributed by atoms with Crippen LogP contribution in [0, 0.1) is 0 Å². The Morgan fingerprint density at radius 2 is 2.19 bits per heavy atom. The molecule has 0 aliphatic carbocycles. The van der Waals surface area contributed by atoms with Crippen LogP contribution in [0.2, 0.25) is 0 Å². The minimum absolute atomic E-state index is 0.0875. The number of anilines is 1. The van der Waals surface area contributed by atoms with Crippen molar-refractivity contribution in [2.24, 2.45) is 0 Å². The molecule has 16 heavy (non-hydrogen) atoms. The molecule has 1 fully saturated rings. The Kier molecular flexibility index (Phi) is 3.74. The van der Waals surface area contributed by atoms with Gasteiger partial charge in [-0.3, -0.25) is 0 Å². The molecule has 0 spiro atoms. The fourth-order valence-corrected chi connectivity index (χ4v) is 1.59. The van der Waals surface area contributed by atoms with Crippen LogP contribution in [-0.2, 0) is 4.74 Å². The van der Waals surface area contributed by atoms with E-state index in [0.717, 1.165) is 32.7 Å². The highest BCUT2D eigenvalue weighted by Gasteiger charge is 2.18. The molecule has 0 bridgehead atoms. The molecule has 2 heterocycles. The summed E-state index contributed by atoms with van der Waals surface area (Å²) < 4.78 is 11.0. The fraction of sp³-hybridized carbons (Fsp3) is 0.800. The van der Waals surface area contributed by atoms with Gasteiger partial charge in [0.2, 0.25) is 5.89 Å². The van der Waals surface area contributed by atoms with Crippen LogP contribution in [-0.4, -0.2) is 43.5 Å². The van der Waals surface area contributed by atoms with E-state index >= 15 is 0 Å². The molecule has 90 valence electrons. The minimum Gasteiger partial charge on any atom is -0.406 e. The third-order valence-electron chi connectivity index (χ3n) is 2.73. The number of nitrogens with one attached hydrogen (secondary N) is 1. The molecule has 0 amide bonds. The van der Waals surface area contributed by atoms with Crippen molar-refractivity contribution in [1.82, 2.24) is 15.5 Å². The molecule has 6 heteroatoms. The van der Waals surface area contributed by atoms with Crippen LogP contribution in [0.15, 0.2) is 4.42 Å². The van der Waals surface area contributed by atoms with E-state index < -0.39 is 0 Å². The Hall–Kier alpha value is -1.14. The largest absolute Gasteiger partial charge is 0.406 e. The number of nitrogens with zero attached hydrogens (tertiary/aromatic N) is 3. The Morgan fingerprint density at radius 1 is 1.31 bits per heavy atom. The minimum atomic E-state index is 0.0875. The van der Waals surface area contributed by atoms with E-state index in [1.165, 1.54) is 0 Å². The normalized spacial score (nSPS) is 19.5. The second kappa shape index (κ2) is 5.27. The highest BCUT2D eigenvalue weighted by atomic mass is 16.5. The molecule has 1 aromatic heterocycles. The maximum Gasteiger partial charge on any atom is 0.318 e. The van der Waals surface area contributed by atoms with Crippen LogP contribution < -0.4 is 10.2 Å². The van der Waals surface area contributed by atoms with Crippen molar-refractivity contribution in [1.29, 1.82) is 0 Å². The molecule has 1 N–H and O–H groups in total. The molecular formula is C10H18N4O2. The lowest BCUT2D eigenvalue weighted by molar-refractivity contribution is 0.152. The van der Waals surface area contributed by atoms with Gasteiger partial charge in [0, 0.05) is 19.7 Å². The van der Waals surface area contributed by atoms with Crippen molar-refractivity contribution in [2.45, 2.75) is 19.4 Å². The molecule has 2 rings (SSSR count). The first-order chi connectivity index (χ1) is 7.81. The summed E-state index contributed by atoms with van der Waals surface area (Å²) >= 11 is 0. The van der Waals surface area contributed by atoms with Gasteiger partial charge < -0.3 is 19.4 Å². The maximum atomic E-state index is 5.62. The first kappa shape index (κ1) is 11.3. The predicted octanol–water partition coefficient (Wildman–Crippen LogP) is 0.577. The van der Waals surface area contributed by atoms with Crippen molar-refractivity contribution in [2.75, 3.05) is 38.3 Å². The zero-order valence-electron chi connectivity index (χ0n) is 9.77. The van der Waals surface area contributed by atoms with E-state index in [0.29, 0.717) is 11.9 Å². The van der Waals surface area contributed by atoms with Crippen molar-refractivity contribution >= 4 is 6.01 Å². The van der Waals surface area contributed by atoms with Crippen LogP contribution in [0.25, 0.3) is 0 Å².